The van der Waals surface area contributed by atoms with Gasteiger partial charge in [0, 0.05) is 35.5 Å². The summed E-state index contributed by atoms with van der Waals surface area (Å²) in [5.74, 6) is 1.45. The van der Waals surface area contributed by atoms with E-state index in [0.717, 1.165) is 49.7 Å². The van der Waals surface area contributed by atoms with E-state index in [0.29, 0.717) is 12.0 Å². The summed E-state index contributed by atoms with van der Waals surface area (Å²) < 4.78 is 6.07. The smallest absolute Gasteiger partial charge is 0.119 e. The van der Waals surface area contributed by atoms with Crippen molar-refractivity contribution < 1.29 is 9.84 Å². The average molecular weight is 428 g/mol. The van der Waals surface area contributed by atoms with Gasteiger partial charge in [-0.15, -0.1) is 0 Å². The van der Waals surface area contributed by atoms with Gasteiger partial charge in [-0.3, -0.25) is 4.90 Å². The Balaban J connectivity index is 1.37. The highest BCUT2D eigenvalue weighted by Gasteiger charge is 2.46. The number of aryl methyl sites for hydroxylation is 1. The van der Waals surface area contributed by atoms with Gasteiger partial charge in [-0.2, -0.15) is 0 Å². The van der Waals surface area contributed by atoms with Crippen LogP contribution in [0, 0.1) is 12.8 Å². The van der Waals surface area contributed by atoms with Crippen molar-refractivity contribution in [1.82, 2.24) is 4.90 Å². The molecule has 0 radical (unpaired) electrons. The van der Waals surface area contributed by atoms with Gasteiger partial charge in [0.2, 0.25) is 0 Å². The van der Waals surface area contributed by atoms with Gasteiger partial charge in [0.1, 0.15) is 5.75 Å². The maximum absolute atomic E-state index is 11.3. The fourth-order valence-corrected chi connectivity index (χ4v) is 5.18. The molecule has 0 aromatic heterocycles. The molecule has 1 saturated carbocycles. The van der Waals surface area contributed by atoms with E-state index in [1.54, 1.807) is 0 Å². The molecule has 0 unspecified atom stereocenters. The number of halogens is 1. The summed E-state index contributed by atoms with van der Waals surface area (Å²) in [7, 11) is 0. The summed E-state index contributed by atoms with van der Waals surface area (Å²) in [6.45, 7) is 6.84. The highest BCUT2D eigenvalue weighted by molar-refractivity contribution is 6.30. The largest absolute Gasteiger partial charge is 0.493 e. The zero-order chi connectivity index (χ0) is 21.1. The molecule has 4 heteroatoms. The van der Waals surface area contributed by atoms with E-state index in [1.165, 1.54) is 24.0 Å². The summed E-state index contributed by atoms with van der Waals surface area (Å²) in [5, 5.41) is 12.1. The van der Waals surface area contributed by atoms with E-state index in [4.69, 9.17) is 16.3 Å². The Morgan fingerprint density at radius 1 is 1.10 bits per heavy atom. The Morgan fingerprint density at radius 3 is 2.43 bits per heavy atom. The standard InChI is InChI=1S/C26H34ClNO2/c1-19-4-12-24(13-5-19)30-18-21-7-6-20(2)28(16-21)17-25(29)26(14-3-15-26)22-8-10-23(27)11-9-22/h4-5,8-13,20-21,25,29H,3,6-7,14-18H2,1-2H3/t20-,21-,25-/m1/s1. The number of aliphatic hydroxyl groups excluding tert-OH is 1. The molecular weight excluding hydrogens is 394 g/mol. The number of ether oxygens (including phenoxy) is 1. The number of hydrogen-bond donors (Lipinski definition) is 1. The van der Waals surface area contributed by atoms with Crippen molar-refractivity contribution in [3.63, 3.8) is 0 Å². The number of benzene rings is 2. The molecule has 3 nitrogen and oxygen atoms in total. The molecule has 2 aliphatic rings. The SMILES string of the molecule is Cc1ccc(OC[C@@H]2CC[C@@H](C)N(C[C@@H](O)C3(c4ccc(Cl)cc4)CCC3)C2)cc1. The number of aliphatic hydroxyl groups is 1. The number of hydrogen-bond acceptors (Lipinski definition) is 3. The highest BCUT2D eigenvalue weighted by atomic mass is 35.5. The molecular formula is C26H34ClNO2. The molecule has 0 spiro atoms. The molecule has 3 atom stereocenters. The first-order valence-corrected chi connectivity index (χ1v) is 11.7. The minimum Gasteiger partial charge on any atom is -0.493 e. The summed E-state index contributed by atoms with van der Waals surface area (Å²) >= 11 is 6.09. The van der Waals surface area contributed by atoms with Crippen LogP contribution in [0.3, 0.4) is 0 Å². The first-order chi connectivity index (χ1) is 14.5. The fourth-order valence-electron chi connectivity index (χ4n) is 5.05. The van der Waals surface area contributed by atoms with Crippen molar-refractivity contribution in [1.29, 1.82) is 0 Å². The van der Waals surface area contributed by atoms with Crippen LogP contribution < -0.4 is 4.74 Å². The second kappa shape index (κ2) is 9.30. The molecule has 1 aliphatic carbocycles. The molecule has 2 fully saturated rings. The van der Waals surface area contributed by atoms with Crippen LogP contribution in [0.2, 0.25) is 5.02 Å². The van der Waals surface area contributed by atoms with E-state index < -0.39 is 0 Å². The van der Waals surface area contributed by atoms with Gasteiger partial charge in [0.05, 0.1) is 12.7 Å². The number of β-amino-alcohol motifs (C(OH)–C–C–N with tert-alkyl or cyclic N) is 1. The Hall–Kier alpha value is -1.55. The predicted molar refractivity (Wildman–Crippen MR) is 123 cm³/mol. The van der Waals surface area contributed by atoms with Crippen molar-refractivity contribution in [2.45, 2.75) is 63.5 Å². The Bertz CT molecular complexity index is 816. The van der Waals surface area contributed by atoms with Gasteiger partial charge in [-0.1, -0.05) is 47.9 Å². The summed E-state index contributed by atoms with van der Waals surface area (Å²) in [4.78, 5) is 2.48. The van der Waals surface area contributed by atoms with Gasteiger partial charge < -0.3 is 9.84 Å². The topological polar surface area (TPSA) is 32.7 Å². The molecule has 0 amide bonds. The summed E-state index contributed by atoms with van der Waals surface area (Å²) in [6.07, 6.45) is 5.27. The number of rotatable bonds is 7. The van der Waals surface area contributed by atoms with Gasteiger partial charge in [-0.05, 0) is 69.4 Å². The molecule has 1 saturated heterocycles. The highest BCUT2D eigenvalue weighted by Crippen LogP contribution is 2.47. The van der Waals surface area contributed by atoms with Gasteiger partial charge >= 0.3 is 0 Å². The van der Waals surface area contributed by atoms with Gasteiger partial charge in [-0.25, -0.2) is 0 Å². The van der Waals surface area contributed by atoms with E-state index in [1.807, 2.05) is 12.1 Å². The van der Waals surface area contributed by atoms with Crippen LogP contribution in [-0.2, 0) is 5.41 Å². The van der Waals surface area contributed by atoms with Crippen molar-refractivity contribution in [2.24, 2.45) is 5.92 Å². The summed E-state index contributed by atoms with van der Waals surface area (Å²) in [5.41, 5.74) is 2.37. The number of likely N-dealkylation sites (tertiary alicyclic amines) is 1. The predicted octanol–water partition coefficient (Wildman–Crippen LogP) is 5.61. The molecule has 1 aliphatic heterocycles. The minimum absolute atomic E-state index is 0.115. The molecule has 4 rings (SSSR count). The molecule has 1 heterocycles. The first-order valence-electron chi connectivity index (χ1n) is 11.3. The Morgan fingerprint density at radius 2 is 1.80 bits per heavy atom. The van der Waals surface area contributed by atoms with Gasteiger partial charge in [0.15, 0.2) is 0 Å². The Labute approximate surface area is 186 Å². The molecule has 2 aromatic carbocycles. The normalized spacial score (nSPS) is 24.8. The third-order valence-electron chi connectivity index (χ3n) is 7.33. The number of nitrogens with zero attached hydrogens (tertiary/aromatic N) is 1. The average Bonchev–Trinajstić information content (AvgIpc) is 2.70. The van der Waals surface area contributed by atoms with Crippen LogP contribution in [0.5, 0.6) is 5.75 Å². The van der Waals surface area contributed by atoms with Crippen molar-refractivity contribution in [2.75, 3.05) is 19.7 Å². The lowest BCUT2D eigenvalue weighted by Crippen LogP contribution is -2.54. The summed E-state index contributed by atoms with van der Waals surface area (Å²) in [6, 6.07) is 16.9. The van der Waals surface area contributed by atoms with E-state index >= 15 is 0 Å². The maximum atomic E-state index is 11.3. The molecule has 0 bridgehead atoms. The van der Waals surface area contributed by atoms with E-state index in [9.17, 15) is 5.11 Å². The van der Waals surface area contributed by atoms with Crippen LogP contribution in [0.1, 0.15) is 50.2 Å². The number of piperidine rings is 1. The van der Waals surface area contributed by atoms with Gasteiger partial charge in [0.25, 0.3) is 0 Å². The van der Waals surface area contributed by atoms with Crippen LogP contribution in [0.4, 0.5) is 0 Å². The lowest BCUT2D eigenvalue weighted by atomic mass is 9.61. The van der Waals surface area contributed by atoms with Crippen LogP contribution >= 0.6 is 11.6 Å². The lowest BCUT2D eigenvalue weighted by molar-refractivity contribution is -0.0214. The van der Waals surface area contributed by atoms with Crippen molar-refractivity contribution >= 4 is 11.6 Å². The second-order valence-electron chi connectivity index (χ2n) is 9.40. The maximum Gasteiger partial charge on any atom is 0.119 e. The molecule has 162 valence electrons. The molecule has 1 N–H and O–H groups in total. The lowest BCUT2D eigenvalue weighted by Gasteiger charge is -2.49. The van der Waals surface area contributed by atoms with Crippen molar-refractivity contribution in [3.05, 3.63) is 64.7 Å². The fraction of sp³-hybridized carbons (Fsp3) is 0.538. The van der Waals surface area contributed by atoms with Crippen LogP contribution in [0.25, 0.3) is 0 Å². The molecule has 2 aromatic rings. The first kappa shape index (κ1) is 21.7. The molecule has 30 heavy (non-hydrogen) atoms. The second-order valence-corrected chi connectivity index (χ2v) is 9.84. The zero-order valence-corrected chi connectivity index (χ0v) is 18.9. The van der Waals surface area contributed by atoms with E-state index in [-0.39, 0.29) is 11.5 Å². The van der Waals surface area contributed by atoms with Crippen LogP contribution in [-0.4, -0.2) is 41.8 Å². The quantitative estimate of drug-likeness (QED) is 0.623. The third-order valence-corrected chi connectivity index (χ3v) is 7.58. The minimum atomic E-state index is -0.355. The third kappa shape index (κ3) is 4.69. The monoisotopic (exact) mass is 427 g/mol. The van der Waals surface area contributed by atoms with Crippen LogP contribution in [0.15, 0.2) is 48.5 Å². The van der Waals surface area contributed by atoms with E-state index in [2.05, 4.69) is 55.1 Å². The zero-order valence-electron chi connectivity index (χ0n) is 18.2. The van der Waals surface area contributed by atoms with Crippen molar-refractivity contribution in [3.8, 4) is 5.75 Å². The Kier molecular flexibility index (Phi) is 6.72.